The maximum atomic E-state index is 13.0. The number of pyridine rings is 1. The van der Waals surface area contributed by atoms with Crippen LogP contribution in [0.2, 0.25) is 5.02 Å². The minimum atomic E-state index is -0.396. The third-order valence-corrected chi connectivity index (χ3v) is 3.06. The Labute approximate surface area is 116 Å². The second-order valence-electron chi connectivity index (χ2n) is 3.27. The van der Waals surface area contributed by atoms with Crippen LogP contribution < -0.4 is 4.74 Å². The van der Waals surface area contributed by atoms with E-state index in [-0.39, 0.29) is 20.9 Å². The molecular weight excluding hydrogens is 322 g/mol. The van der Waals surface area contributed by atoms with Gasteiger partial charge >= 0.3 is 0 Å². The summed E-state index contributed by atoms with van der Waals surface area (Å²) in [6, 6.07) is 7.55. The molecule has 1 heterocycles. The van der Waals surface area contributed by atoms with E-state index in [4.69, 9.17) is 21.6 Å². The van der Waals surface area contributed by atoms with Crippen LogP contribution in [0.25, 0.3) is 0 Å². The molecule has 6 heteroatoms. The molecule has 1 aromatic heterocycles. The number of nitriles is 1. The second kappa shape index (κ2) is 5.34. The average molecular weight is 328 g/mol. The van der Waals surface area contributed by atoms with Crippen LogP contribution >= 0.6 is 27.5 Å². The van der Waals surface area contributed by atoms with Gasteiger partial charge in [-0.05, 0) is 40.2 Å². The van der Waals surface area contributed by atoms with E-state index in [1.54, 1.807) is 0 Å². The highest BCUT2D eigenvalue weighted by Crippen LogP contribution is 2.31. The molecule has 2 rings (SSSR count). The molecule has 0 atom stereocenters. The Hall–Kier alpha value is -1.64. The van der Waals surface area contributed by atoms with E-state index in [0.29, 0.717) is 5.75 Å². The highest BCUT2D eigenvalue weighted by Gasteiger charge is 2.10. The summed E-state index contributed by atoms with van der Waals surface area (Å²) < 4.78 is 18.7. The lowest BCUT2D eigenvalue weighted by Gasteiger charge is -2.07. The summed E-state index contributed by atoms with van der Waals surface area (Å²) in [5, 5.41) is 8.94. The Bertz CT molecular complexity index is 642. The van der Waals surface area contributed by atoms with Crippen molar-refractivity contribution in [2.24, 2.45) is 0 Å². The first-order valence-electron chi connectivity index (χ1n) is 4.79. The van der Waals surface area contributed by atoms with Crippen molar-refractivity contribution >= 4 is 27.5 Å². The first-order chi connectivity index (χ1) is 8.61. The molecular formula is C12H5BrClFN2O. The highest BCUT2D eigenvalue weighted by molar-refractivity contribution is 9.10. The number of nitrogens with zero attached hydrogens (tertiary/aromatic N) is 2. The first-order valence-corrected chi connectivity index (χ1v) is 5.96. The van der Waals surface area contributed by atoms with Crippen LogP contribution in [0.4, 0.5) is 4.39 Å². The zero-order chi connectivity index (χ0) is 13.1. The molecule has 0 aliphatic rings. The number of hydrogen-bond donors (Lipinski definition) is 0. The predicted molar refractivity (Wildman–Crippen MR) is 68.1 cm³/mol. The van der Waals surface area contributed by atoms with Crippen molar-refractivity contribution in [1.29, 1.82) is 5.26 Å². The fourth-order valence-electron chi connectivity index (χ4n) is 1.23. The van der Waals surface area contributed by atoms with Crippen LogP contribution in [0.15, 0.2) is 34.9 Å². The Morgan fingerprint density at radius 1 is 1.39 bits per heavy atom. The third kappa shape index (κ3) is 2.61. The molecule has 2 aromatic rings. The van der Waals surface area contributed by atoms with E-state index in [2.05, 4.69) is 20.9 Å². The van der Waals surface area contributed by atoms with Crippen molar-refractivity contribution < 1.29 is 9.13 Å². The molecule has 0 aliphatic carbocycles. The molecule has 0 saturated carbocycles. The standard InChI is InChI=1S/C12H5BrClFN2O/c13-9-5-8(1-2-10(9)15)18-12-11(14)7(6-16)3-4-17-12/h1-5H. The first kappa shape index (κ1) is 12.8. The molecule has 0 radical (unpaired) electrons. The number of hydrogen-bond acceptors (Lipinski definition) is 3. The van der Waals surface area contributed by atoms with E-state index in [1.165, 1.54) is 30.5 Å². The van der Waals surface area contributed by atoms with Crippen LogP contribution in [-0.2, 0) is 0 Å². The summed E-state index contributed by atoms with van der Waals surface area (Å²) in [7, 11) is 0. The molecule has 0 spiro atoms. The summed E-state index contributed by atoms with van der Waals surface area (Å²) in [5.41, 5.74) is 0.267. The van der Waals surface area contributed by atoms with E-state index in [1.807, 2.05) is 6.07 Å². The fourth-order valence-corrected chi connectivity index (χ4v) is 1.78. The van der Waals surface area contributed by atoms with Gasteiger partial charge in [0.1, 0.15) is 22.7 Å². The molecule has 0 amide bonds. The second-order valence-corrected chi connectivity index (χ2v) is 4.50. The van der Waals surface area contributed by atoms with Crippen molar-refractivity contribution in [2.45, 2.75) is 0 Å². The Kier molecular flexibility index (Phi) is 3.80. The van der Waals surface area contributed by atoms with Gasteiger partial charge in [0.05, 0.1) is 10.0 Å². The molecule has 0 bridgehead atoms. The summed E-state index contributed by atoms with van der Waals surface area (Å²) >= 11 is 8.98. The summed E-state index contributed by atoms with van der Waals surface area (Å²) in [6.45, 7) is 0. The quantitative estimate of drug-likeness (QED) is 0.826. The highest BCUT2D eigenvalue weighted by atomic mass is 79.9. The predicted octanol–water partition coefficient (Wildman–Crippen LogP) is 4.30. The van der Waals surface area contributed by atoms with Crippen molar-refractivity contribution in [1.82, 2.24) is 4.98 Å². The Morgan fingerprint density at radius 2 is 2.17 bits per heavy atom. The number of benzene rings is 1. The van der Waals surface area contributed by atoms with Gasteiger partial charge in [-0.3, -0.25) is 0 Å². The molecule has 0 saturated heterocycles. The van der Waals surface area contributed by atoms with E-state index >= 15 is 0 Å². The molecule has 0 fully saturated rings. The third-order valence-electron chi connectivity index (χ3n) is 2.08. The summed E-state index contributed by atoms with van der Waals surface area (Å²) in [4.78, 5) is 3.92. The minimum absolute atomic E-state index is 0.106. The number of halogens is 3. The minimum Gasteiger partial charge on any atom is -0.437 e. The van der Waals surface area contributed by atoms with E-state index in [0.717, 1.165) is 0 Å². The Morgan fingerprint density at radius 3 is 2.83 bits per heavy atom. The number of ether oxygens (including phenoxy) is 1. The van der Waals surface area contributed by atoms with Gasteiger partial charge in [0.15, 0.2) is 0 Å². The molecule has 1 aromatic carbocycles. The monoisotopic (exact) mass is 326 g/mol. The molecule has 0 N–H and O–H groups in total. The van der Waals surface area contributed by atoms with Crippen LogP contribution in [0.1, 0.15) is 5.56 Å². The van der Waals surface area contributed by atoms with E-state index < -0.39 is 5.82 Å². The maximum Gasteiger partial charge on any atom is 0.239 e. The smallest absolute Gasteiger partial charge is 0.239 e. The van der Waals surface area contributed by atoms with Crippen molar-refractivity contribution in [2.75, 3.05) is 0 Å². The molecule has 0 aliphatic heterocycles. The topological polar surface area (TPSA) is 45.9 Å². The zero-order valence-corrected chi connectivity index (χ0v) is 11.2. The van der Waals surface area contributed by atoms with Gasteiger partial charge in [-0.1, -0.05) is 11.6 Å². The summed E-state index contributed by atoms with van der Waals surface area (Å²) in [6.07, 6.45) is 1.42. The van der Waals surface area contributed by atoms with Gasteiger partial charge < -0.3 is 4.74 Å². The molecule has 18 heavy (non-hydrogen) atoms. The van der Waals surface area contributed by atoms with Crippen LogP contribution in [-0.4, -0.2) is 4.98 Å². The lowest BCUT2D eigenvalue weighted by molar-refractivity contribution is 0.461. The lowest BCUT2D eigenvalue weighted by Crippen LogP contribution is -1.91. The average Bonchev–Trinajstić information content (AvgIpc) is 2.36. The van der Waals surface area contributed by atoms with Crippen LogP contribution in [0.5, 0.6) is 11.6 Å². The lowest BCUT2D eigenvalue weighted by atomic mass is 10.3. The van der Waals surface area contributed by atoms with Gasteiger partial charge in [-0.15, -0.1) is 0 Å². The van der Waals surface area contributed by atoms with Gasteiger partial charge in [-0.25, -0.2) is 9.37 Å². The fraction of sp³-hybridized carbons (Fsp3) is 0. The SMILES string of the molecule is N#Cc1ccnc(Oc2ccc(F)c(Br)c2)c1Cl. The van der Waals surface area contributed by atoms with Crippen molar-refractivity contribution in [3.8, 4) is 17.7 Å². The zero-order valence-electron chi connectivity index (χ0n) is 8.82. The normalized spacial score (nSPS) is 9.89. The van der Waals surface area contributed by atoms with Crippen molar-refractivity contribution in [3.05, 3.63) is 51.3 Å². The molecule has 0 unspecified atom stereocenters. The van der Waals surface area contributed by atoms with E-state index in [9.17, 15) is 4.39 Å². The maximum absolute atomic E-state index is 13.0. The number of rotatable bonds is 2. The van der Waals surface area contributed by atoms with Crippen LogP contribution in [0.3, 0.4) is 0 Å². The van der Waals surface area contributed by atoms with Crippen molar-refractivity contribution in [3.63, 3.8) is 0 Å². The van der Waals surface area contributed by atoms with Gasteiger partial charge in [0, 0.05) is 6.20 Å². The molecule has 3 nitrogen and oxygen atoms in total. The van der Waals surface area contributed by atoms with Crippen LogP contribution in [0, 0.1) is 17.1 Å². The summed E-state index contributed by atoms with van der Waals surface area (Å²) in [5.74, 6) is 0.0779. The largest absolute Gasteiger partial charge is 0.437 e. The van der Waals surface area contributed by atoms with Gasteiger partial charge in [0.2, 0.25) is 5.88 Å². The van der Waals surface area contributed by atoms with Gasteiger partial charge in [-0.2, -0.15) is 5.26 Å². The van der Waals surface area contributed by atoms with Gasteiger partial charge in [0.25, 0.3) is 0 Å². The Balaban J connectivity index is 2.35. The molecule has 90 valence electrons. The number of aromatic nitrogens is 1.